The molecular formula is C14H15ClN4O. The molecule has 104 valence electrons. The number of ether oxygens (including phenoxy) is 1. The fraction of sp³-hybridized carbons (Fsp3) is 0.214. The maximum Gasteiger partial charge on any atom is 0.162 e. The molecule has 2 rings (SSSR count). The summed E-state index contributed by atoms with van der Waals surface area (Å²) in [7, 11) is 3.24. The van der Waals surface area contributed by atoms with E-state index in [0.717, 1.165) is 11.1 Å². The van der Waals surface area contributed by atoms with E-state index in [2.05, 4.69) is 10.1 Å². The summed E-state index contributed by atoms with van der Waals surface area (Å²) in [6, 6.07) is 8.90. The van der Waals surface area contributed by atoms with E-state index in [-0.39, 0.29) is 5.49 Å². The Labute approximate surface area is 122 Å². The predicted octanol–water partition coefficient (Wildman–Crippen LogP) is 2.26. The van der Waals surface area contributed by atoms with Crippen LogP contribution in [0, 0.1) is 12.3 Å². The molecule has 1 aromatic carbocycles. The van der Waals surface area contributed by atoms with Gasteiger partial charge in [-0.2, -0.15) is 9.78 Å². The van der Waals surface area contributed by atoms with Crippen LogP contribution in [0.3, 0.4) is 0 Å². The molecule has 0 fully saturated rings. The Balaban J connectivity index is 2.68. The molecule has 0 bridgehead atoms. The summed E-state index contributed by atoms with van der Waals surface area (Å²) < 4.78 is 6.75. The first-order valence-corrected chi connectivity index (χ1v) is 6.37. The summed E-state index contributed by atoms with van der Waals surface area (Å²) in [5, 5.41) is 12.4. The van der Waals surface area contributed by atoms with E-state index < -0.39 is 0 Å². The maximum atomic E-state index is 7.95. The summed E-state index contributed by atoms with van der Waals surface area (Å²) >= 11 is 5.91. The van der Waals surface area contributed by atoms with Crippen LogP contribution in [-0.2, 0) is 0 Å². The number of methoxy groups -OCH3 is 1. The smallest absolute Gasteiger partial charge is 0.162 e. The number of hydrogen-bond acceptors (Lipinski definition) is 4. The van der Waals surface area contributed by atoms with E-state index in [9.17, 15) is 0 Å². The number of aryl methyl sites for hydroxylation is 1. The van der Waals surface area contributed by atoms with Crippen molar-refractivity contribution >= 4 is 17.4 Å². The Bertz CT molecular complexity index is 721. The molecule has 0 radical (unpaired) electrons. The number of hydrogen-bond donors (Lipinski definition) is 1. The molecular weight excluding hydrogens is 276 g/mol. The van der Waals surface area contributed by atoms with E-state index in [1.165, 1.54) is 4.68 Å². The van der Waals surface area contributed by atoms with Crippen LogP contribution in [0.5, 0.6) is 5.75 Å². The first-order valence-electron chi connectivity index (χ1n) is 5.99. The van der Waals surface area contributed by atoms with Gasteiger partial charge in [0.25, 0.3) is 0 Å². The fourth-order valence-electron chi connectivity index (χ4n) is 1.89. The number of aliphatic imine (C=N–C) groups is 1. The molecule has 0 atom stereocenters. The van der Waals surface area contributed by atoms with Crippen LogP contribution in [0.15, 0.2) is 35.3 Å². The zero-order valence-electron chi connectivity index (χ0n) is 11.5. The molecule has 0 unspecified atom stereocenters. The average molecular weight is 291 g/mol. The first kappa shape index (κ1) is 14.3. The minimum atomic E-state index is 0.193. The number of benzene rings is 1. The van der Waals surface area contributed by atoms with Gasteiger partial charge >= 0.3 is 0 Å². The molecule has 1 heterocycles. The highest BCUT2D eigenvalue weighted by Gasteiger charge is 2.13. The van der Waals surface area contributed by atoms with Gasteiger partial charge in [-0.15, -0.1) is 0 Å². The SMILES string of the molecule is CN=C(c1cc(C)ccc1OC)n1nc(Cl)ccc1=N. The molecule has 20 heavy (non-hydrogen) atoms. The van der Waals surface area contributed by atoms with Gasteiger partial charge in [0.1, 0.15) is 16.4 Å². The molecule has 5 nitrogen and oxygen atoms in total. The molecule has 0 saturated carbocycles. The van der Waals surface area contributed by atoms with Gasteiger partial charge in [0, 0.05) is 7.05 Å². The van der Waals surface area contributed by atoms with E-state index in [4.69, 9.17) is 21.7 Å². The minimum Gasteiger partial charge on any atom is -0.496 e. The lowest BCUT2D eigenvalue weighted by Gasteiger charge is -2.13. The van der Waals surface area contributed by atoms with Crippen molar-refractivity contribution in [2.45, 2.75) is 6.92 Å². The second-order valence-electron chi connectivity index (χ2n) is 4.20. The predicted molar refractivity (Wildman–Crippen MR) is 78.7 cm³/mol. The van der Waals surface area contributed by atoms with Crippen LogP contribution in [0.1, 0.15) is 11.1 Å². The van der Waals surface area contributed by atoms with Crippen molar-refractivity contribution in [3.63, 3.8) is 0 Å². The van der Waals surface area contributed by atoms with Crippen molar-refractivity contribution < 1.29 is 4.74 Å². The summed E-state index contributed by atoms with van der Waals surface area (Å²) in [5.74, 6) is 1.18. The van der Waals surface area contributed by atoms with Crippen molar-refractivity contribution in [3.8, 4) is 5.75 Å². The highest BCUT2D eigenvalue weighted by Crippen LogP contribution is 2.20. The third-order valence-electron chi connectivity index (χ3n) is 2.81. The largest absolute Gasteiger partial charge is 0.496 e. The van der Waals surface area contributed by atoms with Crippen LogP contribution in [0.2, 0.25) is 5.15 Å². The van der Waals surface area contributed by atoms with E-state index in [1.54, 1.807) is 26.3 Å². The number of rotatable bonds is 2. The fourth-order valence-corrected chi connectivity index (χ4v) is 2.03. The Kier molecular flexibility index (Phi) is 4.20. The van der Waals surface area contributed by atoms with Gasteiger partial charge in [0.15, 0.2) is 5.84 Å². The molecule has 0 amide bonds. The van der Waals surface area contributed by atoms with Crippen LogP contribution in [-0.4, -0.2) is 29.8 Å². The number of halogens is 1. The lowest BCUT2D eigenvalue weighted by Crippen LogP contribution is -2.30. The average Bonchev–Trinajstić information content (AvgIpc) is 2.44. The van der Waals surface area contributed by atoms with Gasteiger partial charge in [0.05, 0.1) is 12.7 Å². The van der Waals surface area contributed by atoms with E-state index >= 15 is 0 Å². The second kappa shape index (κ2) is 5.88. The summed E-state index contributed by atoms with van der Waals surface area (Å²) in [6.45, 7) is 1.98. The van der Waals surface area contributed by atoms with Crippen molar-refractivity contribution in [2.24, 2.45) is 4.99 Å². The third kappa shape index (κ3) is 2.72. The molecule has 1 aromatic heterocycles. The Morgan fingerprint density at radius 3 is 2.75 bits per heavy atom. The monoisotopic (exact) mass is 290 g/mol. The molecule has 0 aliphatic carbocycles. The Hall–Kier alpha value is -2.14. The number of nitrogens with one attached hydrogen (secondary N) is 1. The molecule has 1 N–H and O–H groups in total. The maximum absolute atomic E-state index is 7.95. The van der Waals surface area contributed by atoms with Crippen LogP contribution < -0.4 is 10.2 Å². The topological polar surface area (TPSA) is 63.3 Å². The van der Waals surface area contributed by atoms with Gasteiger partial charge < -0.3 is 4.74 Å². The van der Waals surface area contributed by atoms with Gasteiger partial charge in [0.2, 0.25) is 0 Å². The zero-order valence-corrected chi connectivity index (χ0v) is 12.3. The lowest BCUT2D eigenvalue weighted by atomic mass is 10.1. The second-order valence-corrected chi connectivity index (χ2v) is 4.59. The first-order chi connectivity index (χ1) is 9.56. The van der Waals surface area contributed by atoms with Crippen molar-refractivity contribution in [1.82, 2.24) is 9.78 Å². The molecule has 0 spiro atoms. The number of aromatic nitrogens is 2. The van der Waals surface area contributed by atoms with Crippen LogP contribution in [0.25, 0.3) is 0 Å². The van der Waals surface area contributed by atoms with Gasteiger partial charge in [-0.3, -0.25) is 10.4 Å². The number of nitrogens with zero attached hydrogens (tertiary/aromatic N) is 3. The van der Waals surface area contributed by atoms with E-state index in [1.807, 2.05) is 25.1 Å². The van der Waals surface area contributed by atoms with Crippen molar-refractivity contribution in [1.29, 1.82) is 5.41 Å². The van der Waals surface area contributed by atoms with Crippen molar-refractivity contribution in [3.05, 3.63) is 52.1 Å². The van der Waals surface area contributed by atoms with Gasteiger partial charge in [-0.1, -0.05) is 23.2 Å². The summed E-state index contributed by atoms with van der Waals surface area (Å²) in [4.78, 5) is 4.24. The highest BCUT2D eigenvalue weighted by atomic mass is 35.5. The lowest BCUT2D eigenvalue weighted by molar-refractivity contribution is 0.413. The highest BCUT2D eigenvalue weighted by molar-refractivity contribution is 6.29. The zero-order chi connectivity index (χ0) is 14.7. The Morgan fingerprint density at radius 2 is 2.10 bits per heavy atom. The quantitative estimate of drug-likeness (QED) is 0.681. The van der Waals surface area contributed by atoms with Gasteiger partial charge in [-0.05, 0) is 31.2 Å². The molecule has 0 aliphatic heterocycles. The van der Waals surface area contributed by atoms with Gasteiger partial charge in [-0.25, -0.2) is 0 Å². The summed E-state index contributed by atoms with van der Waals surface area (Å²) in [5.41, 5.74) is 2.03. The standard InChI is InChI=1S/C14H15ClN4O/c1-9-4-5-11(20-3)10(8-9)14(17-2)19-13(16)7-6-12(15)18-19/h4-8,16H,1-3H3. The molecule has 0 saturated heterocycles. The van der Waals surface area contributed by atoms with Crippen molar-refractivity contribution in [2.75, 3.05) is 14.2 Å². The van der Waals surface area contributed by atoms with Crippen LogP contribution in [0.4, 0.5) is 0 Å². The minimum absolute atomic E-state index is 0.193. The molecule has 6 heteroatoms. The molecule has 2 aromatic rings. The Morgan fingerprint density at radius 1 is 1.35 bits per heavy atom. The van der Waals surface area contributed by atoms with Crippen LogP contribution >= 0.6 is 11.6 Å². The third-order valence-corrected chi connectivity index (χ3v) is 3.01. The normalized spacial score (nSPS) is 11.5. The molecule has 0 aliphatic rings. The summed E-state index contributed by atoms with van der Waals surface area (Å²) in [6.07, 6.45) is 0. The van der Waals surface area contributed by atoms with E-state index in [0.29, 0.717) is 16.7 Å².